The van der Waals surface area contributed by atoms with Crippen LogP contribution >= 0.6 is 0 Å². The van der Waals surface area contributed by atoms with Crippen molar-refractivity contribution in [3.63, 3.8) is 0 Å². The third-order valence-electron chi connectivity index (χ3n) is 4.16. The number of hydrazone groups is 1. The summed E-state index contributed by atoms with van der Waals surface area (Å²) in [5.41, 5.74) is 10.2. The summed E-state index contributed by atoms with van der Waals surface area (Å²) in [4.78, 5) is 19.8. The topological polar surface area (TPSA) is 113 Å². The van der Waals surface area contributed by atoms with E-state index in [9.17, 15) is 22.4 Å². The second-order valence-corrected chi connectivity index (χ2v) is 6.75. The molecule has 0 unspecified atom stereocenters. The number of amides is 2. The molecule has 180 valence electrons. The molecular formula is C23H18F4N6O2. The van der Waals surface area contributed by atoms with Gasteiger partial charge in [0.05, 0.1) is 11.9 Å². The summed E-state index contributed by atoms with van der Waals surface area (Å²) in [5, 5.41) is 6.32. The average Bonchev–Trinajstić information content (AvgIpc) is 2.81. The first-order chi connectivity index (χ1) is 16.7. The Bertz CT molecular complexity index is 1220. The lowest BCUT2D eigenvalue weighted by Gasteiger charge is -2.08. The number of rotatable bonds is 7. The molecule has 3 aromatic carbocycles. The highest BCUT2D eigenvalue weighted by Crippen LogP contribution is 2.24. The SMILES string of the molecule is NC(=NC=Nc1ccc(OC(F)(F)F)cc1)c1ccc(/C=N/NC(=O)Nc2ccc(F)cc2)cc1. The van der Waals surface area contributed by atoms with E-state index in [1.807, 2.05) is 0 Å². The molecule has 2 amide bonds. The second kappa shape index (κ2) is 11.4. The van der Waals surface area contributed by atoms with Crippen molar-refractivity contribution < 1.29 is 27.1 Å². The molecule has 12 heteroatoms. The molecule has 8 nitrogen and oxygen atoms in total. The Morgan fingerprint density at radius 1 is 0.943 bits per heavy atom. The van der Waals surface area contributed by atoms with Crippen LogP contribution in [-0.2, 0) is 0 Å². The number of hydrogen-bond acceptors (Lipinski definition) is 4. The van der Waals surface area contributed by atoms with Gasteiger partial charge in [-0.3, -0.25) is 0 Å². The Balaban J connectivity index is 1.50. The number of nitrogens with zero attached hydrogens (tertiary/aromatic N) is 3. The van der Waals surface area contributed by atoms with E-state index < -0.39 is 18.2 Å². The summed E-state index contributed by atoms with van der Waals surface area (Å²) in [6.07, 6.45) is -2.18. The molecule has 0 heterocycles. The van der Waals surface area contributed by atoms with E-state index in [1.54, 1.807) is 24.3 Å². The zero-order valence-corrected chi connectivity index (χ0v) is 17.8. The van der Waals surface area contributed by atoms with Crippen molar-refractivity contribution in [2.45, 2.75) is 6.36 Å². The first-order valence-corrected chi connectivity index (χ1v) is 9.86. The van der Waals surface area contributed by atoms with Crippen molar-refractivity contribution in [1.82, 2.24) is 5.43 Å². The lowest BCUT2D eigenvalue weighted by atomic mass is 10.1. The van der Waals surface area contributed by atoms with Crippen LogP contribution in [0.25, 0.3) is 0 Å². The van der Waals surface area contributed by atoms with Crippen LogP contribution in [0.3, 0.4) is 0 Å². The van der Waals surface area contributed by atoms with Crippen molar-refractivity contribution in [2.24, 2.45) is 20.8 Å². The minimum atomic E-state index is -4.76. The van der Waals surface area contributed by atoms with E-state index in [0.29, 0.717) is 22.5 Å². The molecular weight excluding hydrogens is 468 g/mol. The molecule has 3 aromatic rings. The molecule has 0 bridgehead atoms. The van der Waals surface area contributed by atoms with Crippen molar-refractivity contribution in [2.75, 3.05) is 5.32 Å². The molecule has 0 aromatic heterocycles. The van der Waals surface area contributed by atoms with Gasteiger partial charge in [-0.1, -0.05) is 24.3 Å². The zero-order chi connectivity index (χ0) is 25.3. The molecule has 0 saturated heterocycles. The third kappa shape index (κ3) is 8.61. The van der Waals surface area contributed by atoms with Crippen molar-refractivity contribution >= 4 is 35.8 Å². The van der Waals surface area contributed by atoms with Crippen LogP contribution < -0.4 is 21.2 Å². The standard InChI is InChI=1S/C23H18F4N6O2/c24-17-5-7-19(8-6-17)32-22(34)33-31-13-15-1-3-16(4-2-15)21(28)30-14-29-18-9-11-20(12-10-18)35-23(25,26)27/h1-14H,(H2,28,29,30)(H2,32,33,34)/b31-13+. The highest BCUT2D eigenvalue weighted by Gasteiger charge is 2.30. The summed E-state index contributed by atoms with van der Waals surface area (Å²) in [7, 11) is 0. The van der Waals surface area contributed by atoms with Gasteiger partial charge in [-0.05, 0) is 54.1 Å². The van der Waals surface area contributed by atoms with Gasteiger partial charge in [0.1, 0.15) is 23.7 Å². The van der Waals surface area contributed by atoms with Gasteiger partial charge in [0, 0.05) is 11.3 Å². The Hall–Kier alpha value is -4.74. The van der Waals surface area contributed by atoms with Gasteiger partial charge in [0.15, 0.2) is 0 Å². The molecule has 0 atom stereocenters. The molecule has 35 heavy (non-hydrogen) atoms. The molecule has 0 radical (unpaired) electrons. The number of ether oxygens (including phenoxy) is 1. The van der Waals surface area contributed by atoms with Gasteiger partial charge >= 0.3 is 12.4 Å². The maximum absolute atomic E-state index is 12.9. The predicted molar refractivity (Wildman–Crippen MR) is 125 cm³/mol. The molecule has 0 aliphatic heterocycles. The quantitative estimate of drug-likeness (QED) is 0.190. The Morgan fingerprint density at radius 3 is 2.23 bits per heavy atom. The average molecular weight is 486 g/mol. The number of amidine groups is 1. The van der Waals surface area contributed by atoms with Gasteiger partial charge in [-0.2, -0.15) is 5.10 Å². The normalized spacial score (nSPS) is 12.2. The van der Waals surface area contributed by atoms with Crippen LogP contribution in [0.2, 0.25) is 0 Å². The Kier molecular flexibility index (Phi) is 8.11. The van der Waals surface area contributed by atoms with Crippen LogP contribution in [-0.4, -0.2) is 30.8 Å². The number of carbonyl (C=O) groups excluding carboxylic acids is 1. The maximum Gasteiger partial charge on any atom is 0.573 e. The fraction of sp³-hybridized carbons (Fsp3) is 0.0435. The number of carbonyl (C=O) groups is 1. The highest BCUT2D eigenvalue weighted by molar-refractivity contribution is 6.01. The second-order valence-electron chi connectivity index (χ2n) is 6.75. The molecule has 0 aliphatic carbocycles. The van der Waals surface area contributed by atoms with Crippen molar-refractivity contribution in [3.05, 3.63) is 89.7 Å². The van der Waals surface area contributed by atoms with Gasteiger partial charge < -0.3 is 15.8 Å². The summed E-state index contributed by atoms with van der Waals surface area (Å²) in [6.45, 7) is 0. The zero-order valence-electron chi connectivity index (χ0n) is 17.8. The van der Waals surface area contributed by atoms with E-state index >= 15 is 0 Å². The van der Waals surface area contributed by atoms with E-state index in [4.69, 9.17) is 5.73 Å². The Labute approximate surface area is 196 Å². The predicted octanol–water partition coefficient (Wildman–Crippen LogP) is 4.95. The number of nitrogens with two attached hydrogens (primary N) is 1. The number of halogens is 4. The number of alkyl halides is 3. The number of nitrogens with one attached hydrogen (secondary N) is 2. The number of aliphatic imine (C=N–C) groups is 2. The molecule has 0 aliphatic rings. The lowest BCUT2D eigenvalue weighted by Crippen LogP contribution is -2.24. The van der Waals surface area contributed by atoms with Crippen LogP contribution in [0, 0.1) is 5.82 Å². The fourth-order valence-electron chi connectivity index (χ4n) is 2.56. The summed E-state index contributed by atoms with van der Waals surface area (Å²) in [6, 6.07) is 16.4. The number of urea groups is 1. The maximum atomic E-state index is 12.9. The van der Waals surface area contributed by atoms with E-state index in [0.717, 1.165) is 12.1 Å². The molecule has 0 spiro atoms. The van der Waals surface area contributed by atoms with Gasteiger partial charge in [0.25, 0.3) is 0 Å². The summed E-state index contributed by atoms with van der Waals surface area (Å²) < 4.78 is 53.2. The highest BCUT2D eigenvalue weighted by atomic mass is 19.4. The molecule has 0 fully saturated rings. The number of anilines is 1. The van der Waals surface area contributed by atoms with Crippen LogP contribution in [0.15, 0.2) is 87.9 Å². The lowest BCUT2D eigenvalue weighted by molar-refractivity contribution is -0.274. The van der Waals surface area contributed by atoms with Crippen molar-refractivity contribution in [1.29, 1.82) is 0 Å². The van der Waals surface area contributed by atoms with Gasteiger partial charge in [-0.25, -0.2) is 24.6 Å². The summed E-state index contributed by atoms with van der Waals surface area (Å²) >= 11 is 0. The van der Waals surface area contributed by atoms with Crippen LogP contribution in [0.5, 0.6) is 5.75 Å². The largest absolute Gasteiger partial charge is 0.573 e. The van der Waals surface area contributed by atoms with E-state index in [1.165, 1.54) is 49.0 Å². The minimum Gasteiger partial charge on any atom is -0.406 e. The first kappa shape index (κ1) is 24.9. The monoisotopic (exact) mass is 486 g/mol. The smallest absolute Gasteiger partial charge is 0.406 e. The van der Waals surface area contributed by atoms with Gasteiger partial charge in [-0.15, -0.1) is 13.2 Å². The molecule has 0 saturated carbocycles. The molecule has 4 N–H and O–H groups in total. The number of benzene rings is 3. The minimum absolute atomic E-state index is 0.158. The Morgan fingerprint density at radius 2 is 1.60 bits per heavy atom. The van der Waals surface area contributed by atoms with Gasteiger partial charge in [0.2, 0.25) is 0 Å². The number of hydrogen-bond donors (Lipinski definition) is 3. The van der Waals surface area contributed by atoms with Crippen LogP contribution in [0.1, 0.15) is 11.1 Å². The van der Waals surface area contributed by atoms with E-state index in [2.05, 4.69) is 30.6 Å². The van der Waals surface area contributed by atoms with Crippen LogP contribution in [0.4, 0.5) is 33.7 Å². The van der Waals surface area contributed by atoms with E-state index in [-0.39, 0.29) is 11.6 Å². The van der Waals surface area contributed by atoms with Crippen molar-refractivity contribution in [3.8, 4) is 5.75 Å². The first-order valence-electron chi connectivity index (χ1n) is 9.86. The molecule has 3 rings (SSSR count). The third-order valence-corrected chi connectivity index (χ3v) is 4.16. The summed E-state index contributed by atoms with van der Waals surface area (Å²) in [5.74, 6) is -0.610. The fourth-order valence-corrected chi connectivity index (χ4v) is 2.56.